The van der Waals surface area contributed by atoms with Crippen LogP contribution in [0.15, 0.2) is 40.2 Å². The molecule has 0 saturated carbocycles. The van der Waals surface area contributed by atoms with Crippen LogP contribution in [-0.2, 0) is 21.6 Å². The van der Waals surface area contributed by atoms with Gasteiger partial charge < -0.3 is 19.7 Å². The monoisotopic (exact) mass is 547 g/mol. The van der Waals surface area contributed by atoms with Crippen molar-refractivity contribution in [3.05, 3.63) is 68.4 Å². The molecule has 0 spiro atoms. The van der Waals surface area contributed by atoms with Crippen LogP contribution in [0.2, 0.25) is 0 Å². The third-order valence-corrected chi connectivity index (χ3v) is 7.45. The molecule has 14 heteroatoms. The number of aromatic nitrogens is 5. The van der Waals surface area contributed by atoms with Crippen molar-refractivity contribution in [3.8, 4) is 10.8 Å². The minimum atomic E-state index is -1.90. The standard InChI is InChI=1S/C24H26FN5O7S/c1-13-18-19(32)29(24(2,3)22(33)34)23(35)28(21(18)38-20(13)30-26-7-8-27-30)12-17(37-10-9-31)15-11-14(25)5-6-16(15)36-4/h5-8,11,17,31H,9-10,12H2,1-4H3,(H,33,34)/t17-/m0/s1. The third-order valence-electron chi connectivity index (χ3n) is 6.17. The Hall–Kier alpha value is -3.88. The highest BCUT2D eigenvalue weighted by Crippen LogP contribution is 2.34. The van der Waals surface area contributed by atoms with Gasteiger partial charge >= 0.3 is 11.7 Å². The van der Waals surface area contributed by atoms with E-state index >= 15 is 0 Å². The molecule has 3 aromatic heterocycles. The predicted octanol–water partition coefficient (Wildman–Crippen LogP) is 1.83. The summed E-state index contributed by atoms with van der Waals surface area (Å²) >= 11 is 1.07. The van der Waals surface area contributed by atoms with Gasteiger partial charge in [0.1, 0.15) is 33.0 Å². The van der Waals surface area contributed by atoms with Crippen molar-refractivity contribution in [2.45, 2.75) is 39.0 Å². The molecule has 4 rings (SSSR count). The number of hydrogen-bond acceptors (Lipinski definition) is 9. The van der Waals surface area contributed by atoms with E-state index in [1.807, 2.05) is 0 Å². The van der Waals surface area contributed by atoms with Crippen molar-refractivity contribution >= 4 is 27.5 Å². The van der Waals surface area contributed by atoms with Crippen LogP contribution in [0.4, 0.5) is 4.39 Å². The summed E-state index contributed by atoms with van der Waals surface area (Å²) in [7, 11) is 1.39. The highest BCUT2D eigenvalue weighted by Gasteiger charge is 2.36. The molecule has 1 aromatic carbocycles. The zero-order chi connectivity index (χ0) is 27.8. The molecule has 38 heavy (non-hydrogen) atoms. The molecule has 0 bridgehead atoms. The Balaban J connectivity index is 2.05. The number of nitrogens with zero attached hydrogens (tertiary/aromatic N) is 5. The van der Waals surface area contributed by atoms with Crippen LogP contribution in [0.25, 0.3) is 15.2 Å². The molecule has 4 aromatic rings. The van der Waals surface area contributed by atoms with E-state index in [2.05, 4.69) is 10.2 Å². The number of thiophene rings is 1. The highest BCUT2D eigenvalue weighted by molar-refractivity contribution is 7.21. The lowest BCUT2D eigenvalue weighted by molar-refractivity contribution is -0.146. The summed E-state index contributed by atoms with van der Waals surface area (Å²) in [4.78, 5) is 41.1. The number of fused-ring (bicyclic) bond motifs is 1. The molecule has 0 saturated heterocycles. The molecule has 0 radical (unpaired) electrons. The summed E-state index contributed by atoms with van der Waals surface area (Å²) < 4.78 is 27.3. The lowest BCUT2D eigenvalue weighted by Crippen LogP contribution is -2.52. The lowest BCUT2D eigenvalue weighted by Gasteiger charge is -2.25. The van der Waals surface area contributed by atoms with Gasteiger partial charge in [0.2, 0.25) is 0 Å². The highest BCUT2D eigenvalue weighted by atomic mass is 32.1. The number of aliphatic carboxylic acids is 1. The number of hydrogen-bond donors (Lipinski definition) is 2. The number of aliphatic hydroxyl groups excluding tert-OH is 1. The summed E-state index contributed by atoms with van der Waals surface area (Å²) in [6.45, 7) is 3.41. The fraction of sp³-hybridized carbons (Fsp3) is 0.375. The number of aliphatic hydroxyl groups is 1. The number of ether oxygens (including phenoxy) is 2. The summed E-state index contributed by atoms with van der Waals surface area (Å²) in [5, 5.41) is 28.1. The van der Waals surface area contributed by atoms with Gasteiger partial charge in [-0.2, -0.15) is 10.2 Å². The summed E-state index contributed by atoms with van der Waals surface area (Å²) in [6.07, 6.45) is 1.90. The van der Waals surface area contributed by atoms with Crippen molar-refractivity contribution < 1.29 is 28.9 Å². The Morgan fingerprint density at radius 2 is 1.92 bits per heavy atom. The second kappa shape index (κ2) is 10.5. The van der Waals surface area contributed by atoms with E-state index < -0.39 is 34.7 Å². The zero-order valence-corrected chi connectivity index (χ0v) is 21.9. The molecular formula is C24H26FN5O7S. The van der Waals surface area contributed by atoms with Gasteiger partial charge in [-0.05, 0) is 39.0 Å². The Morgan fingerprint density at radius 3 is 2.53 bits per heavy atom. The number of rotatable bonds is 10. The van der Waals surface area contributed by atoms with Crippen LogP contribution in [0, 0.1) is 12.7 Å². The second-order valence-electron chi connectivity index (χ2n) is 8.90. The molecule has 3 heterocycles. The molecule has 0 unspecified atom stereocenters. The topological polar surface area (TPSA) is 151 Å². The van der Waals surface area contributed by atoms with E-state index in [9.17, 15) is 29.0 Å². The lowest BCUT2D eigenvalue weighted by atomic mass is 10.1. The number of carbonyl (C=O) groups is 1. The van der Waals surface area contributed by atoms with Crippen LogP contribution in [0.1, 0.15) is 31.1 Å². The Kier molecular flexibility index (Phi) is 7.49. The Labute approximate surface area is 219 Å². The first-order chi connectivity index (χ1) is 18.0. The van der Waals surface area contributed by atoms with E-state index in [0.29, 0.717) is 15.1 Å². The van der Waals surface area contributed by atoms with E-state index in [1.165, 1.54) is 60.9 Å². The van der Waals surface area contributed by atoms with Crippen molar-refractivity contribution in [1.82, 2.24) is 24.1 Å². The first kappa shape index (κ1) is 27.2. The smallest absolute Gasteiger partial charge is 0.333 e. The number of benzene rings is 1. The van der Waals surface area contributed by atoms with Crippen molar-refractivity contribution in [3.63, 3.8) is 0 Å². The van der Waals surface area contributed by atoms with Gasteiger partial charge in [-0.25, -0.2) is 18.5 Å². The number of methoxy groups -OCH3 is 1. The molecule has 0 amide bonds. The fourth-order valence-corrected chi connectivity index (χ4v) is 5.37. The first-order valence-electron chi connectivity index (χ1n) is 11.5. The van der Waals surface area contributed by atoms with E-state index in [-0.39, 0.29) is 41.3 Å². The fourth-order valence-electron chi connectivity index (χ4n) is 4.15. The van der Waals surface area contributed by atoms with Gasteiger partial charge in [0.15, 0.2) is 0 Å². The van der Waals surface area contributed by atoms with Crippen molar-refractivity contribution in [2.24, 2.45) is 0 Å². The SMILES string of the molecule is COc1ccc(F)cc1[C@H](Cn1c(=O)n(C(C)(C)C(=O)O)c(=O)c2c(C)c(-n3nccn3)sc21)OCCO. The average Bonchev–Trinajstić information content (AvgIpc) is 3.51. The van der Waals surface area contributed by atoms with Gasteiger partial charge in [-0.1, -0.05) is 11.3 Å². The van der Waals surface area contributed by atoms with Crippen LogP contribution < -0.4 is 16.0 Å². The molecule has 0 fully saturated rings. The summed E-state index contributed by atoms with van der Waals surface area (Å²) in [5.41, 5.74) is -2.87. The van der Waals surface area contributed by atoms with Crippen LogP contribution in [-0.4, -0.2) is 60.6 Å². The van der Waals surface area contributed by atoms with Crippen LogP contribution in [0.3, 0.4) is 0 Å². The molecule has 12 nitrogen and oxygen atoms in total. The number of carboxylic acids is 1. The Morgan fingerprint density at radius 1 is 1.24 bits per heavy atom. The molecule has 0 aliphatic carbocycles. The quantitative estimate of drug-likeness (QED) is 0.303. The maximum atomic E-state index is 14.3. The molecule has 1 atom stereocenters. The van der Waals surface area contributed by atoms with Crippen molar-refractivity contribution in [2.75, 3.05) is 20.3 Å². The maximum absolute atomic E-state index is 14.3. The van der Waals surface area contributed by atoms with Gasteiger partial charge in [-0.15, -0.1) is 4.80 Å². The summed E-state index contributed by atoms with van der Waals surface area (Å²) in [6, 6.07) is 3.81. The number of halogens is 1. The molecular weight excluding hydrogens is 521 g/mol. The number of carboxylic acid groups (broad SMARTS) is 1. The minimum absolute atomic E-state index is 0.114. The zero-order valence-electron chi connectivity index (χ0n) is 21.0. The van der Waals surface area contributed by atoms with Crippen LogP contribution >= 0.6 is 11.3 Å². The van der Waals surface area contributed by atoms with E-state index in [1.54, 1.807) is 6.92 Å². The maximum Gasteiger partial charge on any atom is 0.333 e. The van der Waals surface area contributed by atoms with Gasteiger partial charge in [0.05, 0.1) is 44.6 Å². The largest absolute Gasteiger partial charge is 0.496 e. The van der Waals surface area contributed by atoms with Gasteiger partial charge in [-0.3, -0.25) is 9.36 Å². The summed E-state index contributed by atoms with van der Waals surface area (Å²) in [5.74, 6) is -1.68. The molecule has 0 aliphatic rings. The second-order valence-corrected chi connectivity index (χ2v) is 9.88. The normalized spacial score (nSPS) is 12.7. The molecule has 202 valence electrons. The van der Waals surface area contributed by atoms with E-state index in [4.69, 9.17) is 9.47 Å². The number of aryl methyl sites for hydroxylation is 1. The first-order valence-corrected chi connectivity index (χ1v) is 12.3. The predicted molar refractivity (Wildman–Crippen MR) is 136 cm³/mol. The van der Waals surface area contributed by atoms with E-state index in [0.717, 1.165) is 11.3 Å². The Bertz CT molecular complexity index is 1610. The molecule has 2 N–H and O–H groups in total. The van der Waals surface area contributed by atoms with Crippen LogP contribution in [0.5, 0.6) is 5.75 Å². The van der Waals surface area contributed by atoms with Crippen molar-refractivity contribution in [1.29, 1.82) is 0 Å². The average molecular weight is 548 g/mol. The minimum Gasteiger partial charge on any atom is -0.496 e. The van der Waals surface area contributed by atoms with Gasteiger partial charge in [0.25, 0.3) is 5.56 Å². The third kappa shape index (κ3) is 4.61. The molecule has 0 aliphatic heterocycles. The van der Waals surface area contributed by atoms with Gasteiger partial charge in [0, 0.05) is 11.1 Å².